The van der Waals surface area contributed by atoms with E-state index in [0.29, 0.717) is 12.6 Å². The Bertz CT molecular complexity index is 256. The maximum absolute atomic E-state index is 5.43. The Morgan fingerprint density at radius 1 is 1.43 bits per heavy atom. The molecule has 0 spiro atoms. The molecule has 80 valence electrons. The second-order valence-corrected chi connectivity index (χ2v) is 3.67. The Labute approximate surface area is 85.4 Å². The number of ether oxygens (including phenoxy) is 1. The van der Waals surface area contributed by atoms with Crippen LogP contribution in [0.15, 0.2) is 16.5 Å². The fourth-order valence-corrected chi connectivity index (χ4v) is 1.16. The van der Waals surface area contributed by atoms with E-state index >= 15 is 0 Å². The van der Waals surface area contributed by atoms with Crippen LogP contribution in [0.3, 0.4) is 0 Å². The summed E-state index contributed by atoms with van der Waals surface area (Å²) < 4.78 is 10.8. The number of hydrogen-bond acceptors (Lipinski definition) is 3. The largest absolute Gasteiger partial charge is 0.464 e. The zero-order chi connectivity index (χ0) is 10.4. The minimum Gasteiger partial charge on any atom is -0.464 e. The van der Waals surface area contributed by atoms with Gasteiger partial charge in [-0.1, -0.05) is 13.8 Å². The molecule has 1 N–H and O–H groups in total. The lowest BCUT2D eigenvalue weighted by Gasteiger charge is -2.07. The molecule has 3 heteroatoms. The van der Waals surface area contributed by atoms with Crippen molar-refractivity contribution in [1.29, 1.82) is 0 Å². The Morgan fingerprint density at radius 2 is 2.21 bits per heavy atom. The Kier molecular flexibility index (Phi) is 4.70. The quantitative estimate of drug-likeness (QED) is 0.709. The van der Waals surface area contributed by atoms with E-state index in [1.165, 1.54) is 0 Å². The van der Waals surface area contributed by atoms with Crippen molar-refractivity contribution < 1.29 is 9.15 Å². The summed E-state index contributed by atoms with van der Waals surface area (Å²) in [5.74, 6) is 1.83. The first-order chi connectivity index (χ1) is 6.68. The average molecular weight is 197 g/mol. The normalized spacial score (nSPS) is 11.1. The zero-order valence-electron chi connectivity index (χ0n) is 9.17. The molecule has 0 bridgehead atoms. The number of furan rings is 1. The predicted octanol–water partition coefficient (Wildman–Crippen LogP) is 2.10. The maximum Gasteiger partial charge on any atom is 0.129 e. The predicted molar refractivity (Wildman–Crippen MR) is 56.2 cm³/mol. The molecule has 3 nitrogen and oxygen atoms in total. The van der Waals surface area contributed by atoms with Gasteiger partial charge in [-0.05, 0) is 19.1 Å². The molecule has 1 rings (SSSR count). The van der Waals surface area contributed by atoms with Crippen molar-refractivity contribution in [3.8, 4) is 0 Å². The van der Waals surface area contributed by atoms with Crippen LogP contribution in [0.25, 0.3) is 0 Å². The van der Waals surface area contributed by atoms with Gasteiger partial charge in [0.15, 0.2) is 0 Å². The Balaban J connectivity index is 2.04. The highest BCUT2D eigenvalue weighted by Crippen LogP contribution is 2.06. The number of nitrogens with one attached hydrogen (secondary N) is 1. The van der Waals surface area contributed by atoms with Gasteiger partial charge in [-0.3, -0.25) is 0 Å². The van der Waals surface area contributed by atoms with E-state index in [2.05, 4.69) is 19.2 Å². The fraction of sp³-hybridized carbons (Fsp3) is 0.636. The monoisotopic (exact) mass is 197 g/mol. The van der Waals surface area contributed by atoms with Gasteiger partial charge in [0.2, 0.25) is 0 Å². The summed E-state index contributed by atoms with van der Waals surface area (Å²) in [5.41, 5.74) is 0. The lowest BCUT2D eigenvalue weighted by Crippen LogP contribution is -2.26. The van der Waals surface area contributed by atoms with Gasteiger partial charge in [0.05, 0.1) is 6.61 Å². The summed E-state index contributed by atoms with van der Waals surface area (Å²) in [4.78, 5) is 0. The number of hydrogen-bond donors (Lipinski definition) is 1. The van der Waals surface area contributed by atoms with E-state index < -0.39 is 0 Å². The molecule has 0 atom stereocenters. The highest BCUT2D eigenvalue weighted by atomic mass is 16.5. The van der Waals surface area contributed by atoms with Crippen molar-refractivity contribution in [2.75, 3.05) is 13.2 Å². The summed E-state index contributed by atoms with van der Waals surface area (Å²) >= 11 is 0. The average Bonchev–Trinajstić information content (AvgIpc) is 2.50. The zero-order valence-corrected chi connectivity index (χ0v) is 9.17. The van der Waals surface area contributed by atoms with Crippen molar-refractivity contribution in [3.05, 3.63) is 23.7 Å². The molecular weight excluding hydrogens is 178 g/mol. The van der Waals surface area contributed by atoms with Gasteiger partial charge in [0.25, 0.3) is 0 Å². The van der Waals surface area contributed by atoms with E-state index in [1.807, 2.05) is 19.1 Å². The van der Waals surface area contributed by atoms with Crippen LogP contribution in [0.2, 0.25) is 0 Å². The molecule has 0 saturated carbocycles. The lowest BCUT2D eigenvalue weighted by molar-refractivity contribution is 0.106. The van der Waals surface area contributed by atoms with E-state index in [4.69, 9.17) is 9.15 Å². The van der Waals surface area contributed by atoms with Crippen LogP contribution < -0.4 is 5.32 Å². The molecule has 0 fully saturated rings. The molecule has 1 aromatic heterocycles. The van der Waals surface area contributed by atoms with Gasteiger partial charge < -0.3 is 14.5 Å². The second-order valence-electron chi connectivity index (χ2n) is 3.67. The van der Waals surface area contributed by atoms with Crippen molar-refractivity contribution in [2.24, 2.45) is 0 Å². The van der Waals surface area contributed by atoms with Crippen LogP contribution in [-0.2, 0) is 11.3 Å². The second kappa shape index (κ2) is 5.83. The standard InChI is InChI=1S/C11H19NO2/c1-9(2)12-6-7-13-8-11-5-4-10(3)14-11/h4-5,9,12H,6-8H2,1-3H3. The minimum atomic E-state index is 0.518. The molecule has 0 aliphatic heterocycles. The van der Waals surface area contributed by atoms with Gasteiger partial charge in [-0.15, -0.1) is 0 Å². The van der Waals surface area contributed by atoms with Gasteiger partial charge in [0, 0.05) is 12.6 Å². The van der Waals surface area contributed by atoms with Crippen molar-refractivity contribution in [1.82, 2.24) is 5.32 Å². The van der Waals surface area contributed by atoms with E-state index in [9.17, 15) is 0 Å². The lowest BCUT2D eigenvalue weighted by atomic mass is 10.4. The SMILES string of the molecule is Cc1ccc(COCCNC(C)C)o1. The molecule has 0 saturated heterocycles. The molecule has 0 aliphatic rings. The first-order valence-electron chi connectivity index (χ1n) is 5.05. The molecule has 14 heavy (non-hydrogen) atoms. The highest BCUT2D eigenvalue weighted by molar-refractivity contribution is 5.04. The summed E-state index contributed by atoms with van der Waals surface area (Å²) in [6.07, 6.45) is 0. The molecule has 0 radical (unpaired) electrons. The summed E-state index contributed by atoms with van der Waals surface area (Å²) in [7, 11) is 0. The van der Waals surface area contributed by atoms with Crippen LogP contribution in [0, 0.1) is 6.92 Å². The minimum absolute atomic E-state index is 0.518. The maximum atomic E-state index is 5.43. The topological polar surface area (TPSA) is 34.4 Å². The molecule has 1 heterocycles. The van der Waals surface area contributed by atoms with Gasteiger partial charge >= 0.3 is 0 Å². The third-order valence-electron chi connectivity index (χ3n) is 1.84. The summed E-state index contributed by atoms with van der Waals surface area (Å²) in [6.45, 7) is 8.35. The smallest absolute Gasteiger partial charge is 0.129 e. The molecule has 1 aromatic rings. The number of aryl methyl sites for hydroxylation is 1. The summed E-state index contributed by atoms with van der Waals surface area (Å²) in [5, 5.41) is 3.28. The van der Waals surface area contributed by atoms with Gasteiger partial charge in [-0.25, -0.2) is 0 Å². The molecule has 0 amide bonds. The van der Waals surface area contributed by atoms with E-state index in [1.54, 1.807) is 0 Å². The van der Waals surface area contributed by atoms with Crippen LogP contribution in [0.1, 0.15) is 25.4 Å². The Hall–Kier alpha value is -0.800. The third kappa shape index (κ3) is 4.44. The Morgan fingerprint density at radius 3 is 2.79 bits per heavy atom. The highest BCUT2D eigenvalue weighted by Gasteiger charge is 1.98. The molecule has 0 unspecified atom stereocenters. The summed E-state index contributed by atoms with van der Waals surface area (Å²) in [6, 6.07) is 4.42. The van der Waals surface area contributed by atoms with Crippen molar-refractivity contribution in [2.45, 2.75) is 33.4 Å². The number of rotatable bonds is 6. The van der Waals surface area contributed by atoms with Crippen LogP contribution in [0.4, 0.5) is 0 Å². The molecule has 0 aromatic carbocycles. The van der Waals surface area contributed by atoms with Gasteiger partial charge in [0.1, 0.15) is 18.1 Å². The molecular formula is C11H19NO2. The first-order valence-corrected chi connectivity index (χ1v) is 5.05. The molecule has 0 aliphatic carbocycles. The van der Waals surface area contributed by atoms with Gasteiger partial charge in [-0.2, -0.15) is 0 Å². The van der Waals surface area contributed by atoms with Crippen molar-refractivity contribution in [3.63, 3.8) is 0 Å². The van der Waals surface area contributed by atoms with E-state index in [0.717, 1.165) is 24.7 Å². The van der Waals surface area contributed by atoms with Crippen molar-refractivity contribution >= 4 is 0 Å². The first kappa shape index (κ1) is 11.3. The van der Waals surface area contributed by atoms with E-state index in [-0.39, 0.29) is 0 Å². The van der Waals surface area contributed by atoms with Crippen LogP contribution in [-0.4, -0.2) is 19.2 Å². The third-order valence-corrected chi connectivity index (χ3v) is 1.84. The van der Waals surface area contributed by atoms with Crippen LogP contribution >= 0.6 is 0 Å². The van der Waals surface area contributed by atoms with Crippen LogP contribution in [0.5, 0.6) is 0 Å². The fourth-order valence-electron chi connectivity index (χ4n) is 1.16.